The molecular formula is C22H26N4O2S2. The molecule has 0 radical (unpaired) electrons. The van der Waals surface area contributed by atoms with Gasteiger partial charge < -0.3 is 4.90 Å². The van der Waals surface area contributed by atoms with Gasteiger partial charge in [0.2, 0.25) is 0 Å². The third-order valence-corrected chi connectivity index (χ3v) is 7.18. The summed E-state index contributed by atoms with van der Waals surface area (Å²) in [4.78, 5) is 35.7. The maximum absolute atomic E-state index is 13.5. The van der Waals surface area contributed by atoms with Gasteiger partial charge in [-0.25, -0.2) is 4.98 Å². The minimum absolute atomic E-state index is 0.0310. The van der Waals surface area contributed by atoms with Crippen LogP contribution in [0.2, 0.25) is 0 Å². The SMILES string of the molecule is CC[C@@H](C)N1C(=O)/C(=C/c2c(N3CCCCC3)nc3c(C)cccn3c2=O)SC1=S. The molecule has 2 aliphatic rings. The van der Waals surface area contributed by atoms with E-state index in [1.165, 1.54) is 18.2 Å². The zero-order chi connectivity index (χ0) is 21.4. The number of fused-ring (bicyclic) bond motifs is 1. The van der Waals surface area contributed by atoms with Gasteiger partial charge in [0.05, 0.1) is 10.5 Å². The molecule has 0 unspecified atom stereocenters. The third-order valence-electron chi connectivity index (χ3n) is 5.85. The fourth-order valence-corrected chi connectivity index (χ4v) is 5.39. The Hall–Kier alpha value is -2.19. The van der Waals surface area contributed by atoms with Crippen LogP contribution in [0, 0.1) is 6.92 Å². The molecule has 0 spiro atoms. The summed E-state index contributed by atoms with van der Waals surface area (Å²) in [6.07, 6.45) is 7.59. The Bertz CT molecular complexity index is 1100. The van der Waals surface area contributed by atoms with Crippen molar-refractivity contribution in [2.45, 2.75) is 52.5 Å². The molecule has 0 saturated carbocycles. The Kier molecular flexibility index (Phi) is 5.97. The van der Waals surface area contributed by atoms with Gasteiger partial charge in [-0.05, 0) is 57.2 Å². The van der Waals surface area contributed by atoms with E-state index in [9.17, 15) is 9.59 Å². The van der Waals surface area contributed by atoms with Crippen LogP contribution in [0.1, 0.15) is 50.7 Å². The molecule has 0 aromatic carbocycles. The van der Waals surface area contributed by atoms with E-state index in [1.54, 1.807) is 21.6 Å². The standard InChI is InChI=1S/C22H26N4O2S2/c1-4-15(3)26-21(28)17(30-22(26)29)13-16-19(24-10-6-5-7-11-24)23-18-14(2)9-8-12-25(18)20(16)27/h8-9,12-13,15H,4-7,10-11H2,1-3H3/b17-13-/t15-/m1/s1. The lowest BCUT2D eigenvalue weighted by Gasteiger charge is -2.29. The van der Waals surface area contributed by atoms with Crippen LogP contribution in [-0.2, 0) is 4.79 Å². The molecule has 0 N–H and O–H groups in total. The van der Waals surface area contributed by atoms with Crippen LogP contribution < -0.4 is 10.5 Å². The Morgan fingerprint density at radius 1 is 1.27 bits per heavy atom. The summed E-state index contributed by atoms with van der Waals surface area (Å²) in [5, 5.41) is 0. The summed E-state index contributed by atoms with van der Waals surface area (Å²) in [7, 11) is 0. The average Bonchev–Trinajstić information content (AvgIpc) is 3.03. The lowest BCUT2D eigenvalue weighted by atomic mass is 10.1. The number of amides is 1. The van der Waals surface area contributed by atoms with Crippen LogP contribution >= 0.6 is 24.0 Å². The first-order chi connectivity index (χ1) is 14.4. The van der Waals surface area contributed by atoms with Gasteiger partial charge in [-0.2, -0.15) is 0 Å². The van der Waals surface area contributed by atoms with Crippen LogP contribution in [0.3, 0.4) is 0 Å². The van der Waals surface area contributed by atoms with Crippen LogP contribution in [0.25, 0.3) is 11.7 Å². The number of carbonyl (C=O) groups is 1. The topological polar surface area (TPSA) is 57.9 Å². The highest BCUT2D eigenvalue weighted by atomic mass is 32.2. The van der Waals surface area contributed by atoms with E-state index in [-0.39, 0.29) is 17.5 Å². The molecule has 4 heterocycles. The van der Waals surface area contributed by atoms with Gasteiger partial charge in [-0.1, -0.05) is 37.0 Å². The number of thioether (sulfide) groups is 1. The number of thiocarbonyl (C=S) groups is 1. The number of aromatic nitrogens is 2. The Morgan fingerprint density at radius 3 is 2.70 bits per heavy atom. The molecule has 4 rings (SSSR count). The van der Waals surface area contributed by atoms with Crippen molar-refractivity contribution in [1.29, 1.82) is 0 Å². The number of anilines is 1. The maximum atomic E-state index is 13.5. The number of pyridine rings is 1. The summed E-state index contributed by atoms with van der Waals surface area (Å²) >= 11 is 6.72. The van der Waals surface area contributed by atoms with Crippen LogP contribution in [0.5, 0.6) is 0 Å². The number of carbonyl (C=O) groups excluding carboxylic acids is 1. The quantitative estimate of drug-likeness (QED) is 0.527. The molecule has 1 amide bonds. The Balaban J connectivity index is 1.88. The molecule has 2 aromatic rings. The molecule has 2 saturated heterocycles. The summed E-state index contributed by atoms with van der Waals surface area (Å²) < 4.78 is 2.12. The summed E-state index contributed by atoms with van der Waals surface area (Å²) in [6, 6.07) is 3.83. The molecule has 8 heteroatoms. The number of nitrogens with zero attached hydrogens (tertiary/aromatic N) is 4. The fourth-order valence-electron chi connectivity index (χ4n) is 3.95. The molecule has 30 heavy (non-hydrogen) atoms. The van der Waals surface area contributed by atoms with Gasteiger partial charge >= 0.3 is 0 Å². The normalized spacial score (nSPS) is 19.9. The minimum Gasteiger partial charge on any atom is -0.356 e. The second-order valence-corrected chi connectivity index (χ2v) is 9.57. The van der Waals surface area contributed by atoms with E-state index in [2.05, 4.69) is 4.90 Å². The molecule has 2 aliphatic heterocycles. The first-order valence-corrected chi connectivity index (χ1v) is 11.7. The van der Waals surface area contributed by atoms with Crippen molar-refractivity contribution in [3.63, 3.8) is 0 Å². The van der Waals surface area contributed by atoms with Crippen LogP contribution in [0.15, 0.2) is 28.0 Å². The first-order valence-electron chi connectivity index (χ1n) is 10.5. The lowest BCUT2D eigenvalue weighted by Crippen LogP contribution is -2.36. The van der Waals surface area contributed by atoms with Crippen molar-refractivity contribution in [3.05, 3.63) is 44.7 Å². The van der Waals surface area contributed by atoms with Crippen molar-refractivity contribution in [1.82, 2.24) is 14.3 Å². The van der Waals surface area contributed by atoms with Gasteiger partial charge in [0.25, 0.3) is 11.5 Å². The van der Waals surface area contributed by atoms with E-state index in [0.717, 1.165) is 37.9 Å². The first kappa shape index (κ1) is 21.1. The largest absolute Gasteiger partial charge is 0.356 e. The van der Waals surface area contributed by atoms with Crippen molar-refractivity contribution in [2.24, 2.45) is 0 Å². The molecule has 0 bridgehead atoms. The summed E-state index contributed by atoms with van der Waals surface area (Å²) in [5.74, 6) is 0.542. The molecule has 158 valence electrons. The number of aryl methyl sites for hydroxylation is 1. The zero-order valence-corrected chi connectivity index (χ0v) is 19.2. The van der Waals surface area contributed by atoms with E-state index in [1.807, 2.05) is 32.9 Å². The van der Waals surface area contributed by atoms with Gasteiger partial charge in [-0.3, -0.25) is 18.9 Å². The highest BCUT2D eigenvalue weighted by molar-refractivity contribution is 8.26. The second-order valence-electron chi connectivity index (χ2n) is 7.90. The van der Waals surface area contributed by atoms with Crippen molar-refractivity contribution in [2.75, 3.05) is 18.0 Å². The van der Waals surface area contributed by atoms with Crippen LogP contribution in [-0.4, -0.2) is 43.6 Å². The molecule has 0 aliphatic carbocycles. The number of hydrogen-bond donors (Lipinski definition) is 0. The van der Waals surface area contributed by atoms with Crippen molar-refractivity contribution >= 4 is 51.7 Å². The van der Waals surface area contributed by atoms with Gasteiger partial charge in [0, 0.05) is 25.3 Å². The average molecular weight is 443 g/mol. The molecule has 2 fully saturated rings. The van der Waals surface area contributed by atoms with Gasteiger partial charge in [0.15, 0.2) is 0 Å². The molecule has 1 atom stereocenters. The van der Waals surface area contributed by atoms with E-state index in [0.29, 0.717) is 26.3 Å². The number of rotatable bonds is 4. The highest BCUT2D eigenvalue weighted by Gasteiger charge is 2.35. The van der Waals surface area contributed by atoms with Crippen molar-refractivity contribution in [3.8, 4) is 0 Å². The summed E-state index contributed by atoms with van der Waals surface area (Å²) in [5.41, 5.74) is 1.91. The lowest BCUT2D eigenvalue weighted by molar-refractivity contribution is -0.123. The predicted molar refractivity (Wildman–Crippen MR) is 127 cm³/mol. The zero-order valence-electron chi connectivity index (χ0n) is 17.6. The van der Waals surface area contributed by atoms with E-state index < -0.39 is 0 Å². The number of hydrogen-bond acceptors (Lipinski definition) is 6. The second kappa shape index (κ2) is 8.51. The molecule has 2 aromatic heterocycles. The highest BCUT2D eigenvalue weighted by Crippen LogP contribution is 2.35. The Morgan fingerprint density at radius 2 is 2.00 bits per heavy atom. The van der Waals surface area contributed by atoms with Crippen molar-refractivity contribution < 1.29 is 4.79 Å². The van der Waals surface area contributed by atoms with Crippen LogP contribution in [0.4, 0.5) is 5.82 Å². The molecule has 6 nitrogen and oxygen atoms in total. The van der Waals surface area contributed by atoms with Gasteiger partial charge in [-0.15, -0.1) is 0 Å². The van der Waals surface area contributed by atoms with E-state index >= 15 is 0 Å². The predicted octanol–water partition coefficient (Wildman–Crippen LogP) is 3.99. The molecular weight excluding hydrogens is 416 g/mol. The smallest absolute Gasteiger partial charge is 0.267 e. The number of piperidine rings is 1. The van der Waals surface area contributed by atoms with E-state index in [4.69, 9.17) is 17.2 Å². The van der Waals surface area contributed by atoms with Gasteiger partial charge in [0.1, 0.15) is 15.8 Å². The Labute approximate surface area is 186 Å². The third kappa shape index (κ3) is 3.67. The fraction of sp³-hybridized carbons (Fsp3) is 0.455. The maximum Gasteiger partial charge on any atom is 0.267 e. The minimum atomic E-state index is -0.155. The summed E-state index contributed by atoms with van der Waals surface area (Å²) in [6.45, 7) is 7.70. The monoisotopic (exact) mass is 442 g/mol.